The maximum absolute atomic E-state index is 12.9. The summed E-state index contributed by atoms with van der Waals surface area (Å²) in [5.41, 5.74) is 5.22. The molecule has 1 saturated heterocycles. The fourth-order valence-electron chi connectivity index (χ4n) is 5.48. The fraction of sp³-hybridized carbons (Fsp3) is 0.464. The van der Waals surface area contributed by atoms with Gasteiger partial charge in [-0.1, -0.05) is 19.9 Å². The number of pyridine rings is 1. The molecule has 9 heteroatoms. The minimum atomic E-state index is -0.582. The lowest BCUT2D eigenvalue weighted by molar-refractivity contribution is -0.0320. The third kappa shape index (κ3) is 4.12. The Balaban J connectivity index is 0.00000137. The molecule has 1 atom stereocenters. The van der Waals surface area contributed by atoms with E-state index in [4.69, 9.17) is 14.5 Å². The molecule has 0 radical (unpaired) electrons. The van der Waals surface area contributed by atoms with Crippen molar-refractivity contribution < 1.29 is 14.3 Å². The zero-order chi connectivity index (χ0) is 26.7. The highest BCUT2D eigenvalue weighted by Crippen LogP contribution is 2.50. The molecule has 1 aromatic carbocycles. The number of benzene rings is 1. The first-order valence-electron chi connectivity index (χ1n) is 12.8. The smallest absolute Gasteiger partial charge is 0.410 e. The predicted octanol–water partition coefficient (Wildman–Crippen LogP) is 6.28. The highest BCUT2D eigenvalue weighted by atomic mass is 79.9. The molecule has 1 fully saturated rings. The zero-order valence-electron chi connectivity index (χ0n) is 22.6. The van der Waals surface area contributed by atoms with Crippen LogP contribution in [0.3, 0.4) is 0 Å². The number of fused-ring (bicyclic) bond motifs is 5. The quantitative estimate of drug-likeness (QED) is 0.270. The lowest BCUT2D eigenvalue weighted by Crippen LogP contribution is -2.38. The van der Waals surface area contributed by atoms with Gasteiger partial charge in [-0.3, -0.25) is 4.68 Å². The molecule has 0 saturated carbocycles. The average Bonchev–Trinajstić information content (AvgIpc) is 3.61. The number of rotatable bonds is 1. The molecule has 37 heavy (non-hydrogen) atoms. The van der Waals surface area contributed by atoms with Crippen LogP contribution in [0.15, 0.2) is 35.2 Å². The molecule has 3 aromatic heterocycles. The minimum Gasteiger partial charge on any atom is -0.444 e. The second kappa shape index (κ2) is 9.13. The number of hydrogen-bond donors (Lipinski definition) is 0. The van der Waals surface area contributed by atoms with Crippen molar-refractivity contribution >= 4 is 44.0 Å². The van der Waals surface area contributed by atoms with E-state index < -0.39 is 11.2 Å². The van der Waals surface area contributed by atoms with Crippen molar-refractivity contribution in [2.45, 2.75) is 58.8 Å². The van der Waals surface area contributed by atoms with E-state index in [0.29, 0.717) is 26.1 Å². The van der Waals surface area contributed by atoms with Crippen LogP contribution in [0.2, 0.25) is 0 Å². The molecule has 1 amide bonds. The molecule has 2 aliphatic rings. The van der Waals surface area contributed by atoms with Crippen molar-refractivity contribution in [2.24, 2.45) is 14.1 Å². The van der Waals surface area contributed by atoms with Crippen molar-refractivity contribution in [3.63, 3.8) is 0 Å². The van der Waals surface area contributed by atoms with Gasteiger partial charge in [0.2, 0.25) is 0 Å². The Morgan fingerprint density at radius 3 is 2.68 bits per heavy atom. The molecule has 2 aliphatic heterocycles. The molecule has 1 unspecified atom stereocenters. The van der Waals surface area contributed by atoms with Crippen molar-refractivity contribution in [1.29, 1.82) is 0 Å². The molecule has 5 heterocycles. The van der Waals surface area contributed by atoms with Gasteiger partial charge in [0.15, 0.2) is 0 Å². The summed E-state index contributed by atoms with van der Waals surface area (Å²) >= 11 is 3.85. The molecule has 196 valence electrons. The zero-order valence-corrected chi connectivity index (χ0v) is 24.1. The molecule has 8 nitrogen and oxygen atoms in total. The van der Waals surface area contributed by atoms with Crippen LogP contribution in [0.25, 0.3) is 33.1 Å². The molecule has 6 rings (SSSR count). The minimum absolute atomic E-state index is 0.298. The summed E-state index contributed by atoms with van der Waals surface area (Å²) in [6.07, 6.45) is 4.23. The van der Waals surface area contributed by atoms with Crippen LogP contribution in [0, 0.1) is 0 Å². The Morgan fingerprint density at radius 1 is 1.19 bits per heavy atom. The molecule has 0 aliphatic carbocycles. The number of nitrogens with zero attached hydrogens (tertiary/aromatic N) is 5. The van der Waals surface area contributed by atoms with Gasteiger partial charge in [-0.2, -0.15) is 5.10 Å². The Hall–Kier alpha value is -2.91. The maximum Gasteiger partial charge on any atom is 0.410 e. The first-order chi connectivity index (χ1) is 17.6. The van der Waals surface area contributed by atoms with Crippen LogP contribution in [0.4, 0.5) is 4.79 Å². The Kier molecular flexibility index (Phi) is 6.35. The number of aromatic nitrogens is 4. The molecular formula is C28H34BrN5O3. The highest BCUT2D eigenvalue weighted by molar-refractivity contribution is 9.10. The van der Waals surface area contributed by atoms with Gasteiger partial charge in [0.1, 0.15) is 16.8 Å². The van der Waals surface area contributed by atoms with Gasteiger partial charge in [0.25, 0.3) is 0 Å². The van der Waals surface area contributed by atoms with Crippen molar-refractivity contribution in [2.75, 3.05) is 13.1 Å². The van der Waals surface area contributed by atoms with E-state index in [1.807, 2.05) is 65.8 Å². The van der Waals surface area contributed by atoms with Gasteiger partial charge in [-0.15, -0.1) is 0 Å². The lowest BCUT2D eigenvalue weighted by Gasteiger charge is -2.27. The van der Waals surface area contributed by atoms with E-state index >= 15 is 0 Å². The third-order valence-electron chi connectivity index (χ3n) is 7.08. The first-order valence-corrected chi connectivity index (χ1v) is 13.6. The largest absolute Gasteiger partial charge is 0.444 e. The number of hydrogen-bond acceptors (Lipinski definition) is 5. The normalized spacial score (nSPS) is 19.0. The summed E-state index contributed by atoms with van der Waals surface area (Å²) < 4.78 is 17.0. The number of ether oxygens (including phenoxy) is 2. The fourth-order valence-corrected chi connectivity index (χ4v) is 6.08. The van der Waals surface area contributed by atoms with Gasteiger partial charge in [-0.25, -0.2) is 9.78 Å². The Bertz CT molecular complexity index is 1520. The van der Waals surface area contributed by atoms with Crippen LogP contribution in [-0.4, -0.2) is 49.0 Å². The second-order valence-electron chi connectivity index (χ2n) is 10.6. The standard InChI is InChI=1S/C26H28BrN5O3.C2H6/c1-25(2,3)35-24(33)32-9-8-26(14-32)21-17(13-34-26)11-28-23-20(21)19(22(27)30(23)4)15-6-7-18-16(10-15)12-29-31(18)5;1-2/h6-7,10-12H,8-9,13-14H2,1-5H3;1-2H3. The highest BCUT2D eigenvalue weighted by Gasteiger charge is 2.49. The summed E-state index contributed by atoms with van der Waals surface area (Å²) in [6, 6.07) is 6.41. The van der Waals surface area contributed by atoms with Gasteiger partial charge in [-0.05, 0) is 54.4 Å². The predicted molar refractivity (Wildman–Crippen MR) is 148 cm³/mol. The van der Waals surface area contributed by atoms with Crippen molar-refractivity contribution in [3.8, 4) is 11.1 Å². The third-order valence-corrected chi connectivity index (χ3v) is 8.01. The maximum atomic E-state index is 12.9. The molecular weight excluding hydrogens is 534 g/mol. The Morgan fingerprint density at radius 2 is 1.95 bits per heavy atom. The number of aryl methyl sites for hydroxylation is 2. The molecule has 1 spiro atoms. The number of likely N-dealkylation sites (tertiary alicyclic amines) is 1. The van der Waals surface area contributed by atoms with E-state index in [0.717, 1.165) is 48.8 Å². The van der Waals surface area contributed by atoms with Crippen LogP contribution >= 0.6 is 15.9 Å². The summed E-state index contributed by atoms with van der Waals surface area (Å²) in [7, 11) is 3.96. The Labute approximate surface area is 225 Å². The van der Waals surface area contributed by atoms with E-state index in [1.54, 1.807) is 4.90 Å². The average molecular weight is 569 g/mol. The number of halogens is 1. The van der Waals surface area contributed by atoms with Gasteiger partial charge >= 0.3 is 6.09 Å². The lowest BCUT2D eigenvalue weighted by atomic mass is 9.87. The van der Waals surface area contributed by atoms with Crippen LogP contribution < -0.4 is 0 Å². The van der Waals surface area contributed by atoms with Crippen LogP contribution in [0.1, 0.15) is 52.2 Å². The summed E-state index contributed by atoms with van der Waals surface area (Å²) in [6.45, 7) is 11.2. The van der Waals surface area contributed by atoms with E-state index in [2.05, 4.69) is 43.8 Å². The van der Waals surface area contributed by atoms with Crippen LogP contribution in [0.5, 0.6) is 0 Å². The van der Waals surface area contributed by atoms with Crippen LogP contribution in [-0.2, 0) is 35.8 Å². The molecule has 0 bridgehead atoms. The van der Waals surface area contributed by atoms with E-state index in [9.17, 15) is 4.79 Å². The molecule has 0 N–H and O–H groups in total. The number of carbonyl (C=O) groups is 1. The summed E-state index contributed by atoms with van der Waals surface area (Å²) in [5, 5.41) is 6.56. The second-order valence-corrected chi connectivity index (χ2v) is 11.3. The molecule has 4 aromatic rings. The van der Waals surface area contributed by atoms with Gasteiger partial charge in [0.05, 0.1) is 29.5 Å². The van der Waals surface area contributed by atoms with Crippen molar-refractivity contribution in [1.82, 2.24) is 24.2 Å². The first kappa shape index (κ1) is 25.7. The number of amides is 1. The monoisotopic (exact) mass is 567 g/mol. The van der Waals surface area contributed by atoms with Crippen molar-refractivity contribution in [3.05, 3.63) is 46.3 Å². The number of carbonyl (C=O) groups excluding carboxylic acids is 1. The summed E-state index contributed by atoms with van der Waals surface area (Å²) in [5.74, 6) is 0. The van der Waals surface area contributed by atoms with E-state index in [1.165, 1.54) is 0 Å². The van der Waals surface area contributed by atoms with Gasteiger partial charge < -0.3 is 18.9 Å². The summed E-state index contributed by atoms with van der Waals surface area (Å²) in [4.78, 5) is 19.5. The topological polar surface area (TPSA) is 74.4 Å². The van der Waals surface area contributed by atoms with Gasteiger partial charge in [0, 0.05) is 60.7 Å². The van der Waals surface area contributed by atoms with E-state index in [-0.39, 0.29) is 6.09 Å². The SMILES string of the molecule is CC.Cn1ncc2cc(-c3c(Br)n(C)c4ncc5c(c34)C3(CCN(C(=O)OC(C)(C)C)C3)OC5)ccc21.